The molecule has 0 fully saturated rings. The Bertz CT molecular complexity index is 1380. The van der Waals surface area contributed by atoms with Gasteiger partial charge in [-0.1, -0.05) is 48.0 Å². The van der Waals surface area contributed by atoms with Crippen LogP contribution in [-0.4, -0.2) is 28.0 Å². The molecule has 4 rings (SSSR count). The molecule has 0 aliphatic carbocycles. The van der Waals surface area contributed by atoms with Crippen LogP contribution in [0.15, 0.2) is 71.5 Å². The maximum absolute atomic E-state index is 12.9. The van der Waals surface area contributed by atoms with Gasteiger partial charge in [0.25, 0.3) is 5.91 Å². The Morgan fingerprint density at radius 1 is 0.919 bits per heavy atom. The summed E-state index contributed by atoms with van der Waals surface area (Å²) in [5.41, 5.74) is 7.00. The van der Waals surface area contributed by atoms with Gasteiger partial charge in [-0.05, 0) is 62.1 Å². The van der Waals surface area contributed by atoms with Crippen LogP contribution in [0.4, 0.5) is 5.82 Å². The van der Waals surface area contributed by atoms with Crippen LogP contribution in [0, 0.1) is 27.7 Å². The number of carbonyl (C=O) groups excluding carboxylic acids is 1. The molecule has 7 heteroatoms. The molecule has 0 spiro atoms. The molecule has 2 heterocycles. The van der Waals surface area contributed by atoms with Gasteiger partial charge >= 0.3 is 5.97 Å². The van der Waals surface area contributed by atoms with E-state index in [0.29, 0.717) is 17.9 Å². The van der Waals surface area contributed by atoms with Crippen LogP contribution >= 0.6 is 0 Å². The van der Waals surface area contributed by atoms with Crippen molar-refractivity contribution in [2.45, 2.75) is 46.7 Å². The summed E-state index contributed by atoms with van der Waals surface area (Å²) < 4.78 is 5.74. The number of aryl methyl sites for hydroxylation is 4. The number of rotatable bonds is 9. The maximum atomic E-state index is 12.9. The number of hydrogen-bond acceptors (Lipinski definition) is 5. The van der Waals surface area contributed by atoms with E-state index in [9.17, 15) is 14.7 Å². The summed E-state index contributed by atoms with van der Waals surface area (Å²) in [5.74, 6) is 0.0572. The minimum atomic E-state index is -1.08. The Labute approximate surface area is 216 Å². The molecule has 0 aliphatic heterocycles. The van der Waals surface area contributed by atoms with Gasteiger partial charge in [0.1, 0.15) is 17.6 Å². The van der Waals surface area contributed by atoms with E-state index in [0.717, 1.165) is 44.8 Å². The molecule has 0 saturated carbocycles. The lowest BCUT2D eigenvalue weighted by Gasteiger charge is -2.17. The number of carboxylic acids is 1. The van der Waals surface area contributed by atoms with Crippen molar-refractivity contribution in [3.8, 4) is 11.3 Å². The number of hydrogen-bond donors (Lipinski definition) is 3. The summed E-state index contributed by atoms with van der Waals surface area (Å²) in [6.07, 6.45) is 3.69. The molecule has 1 atom stereocenters. The number of furan rings is 1. The van der Waals surface area contributed by atoms with Crippen molar-refractivity contribution in [2.24, 2.45) is 0 Å². The number of amides is 1. The molecule has 0 bridgehead atoms. The lowest BCUT2D eigenvalue weighted by atomic mass is 9.98. The number of aromatic nitrogens is 1. The SMILES string of the molecule is Cc1ccc(NCc2coc(-c3ccc(C[C@H](NC(=O)c4c(C)cc(C)cc4C)C(=O)O)cc3)c2)nc1. The van der Waals surface area contributed by atoms with Crippen LogP contribution in [0.2, 0.25) is 0 Å². The van der Waals surface area contributed by atoms with Crippen LogP contribution in [-0.2, 0) is 17.8 Å². The first-order valence-corrected chi connectivity index (χ1v) is 12.1. The van der Waals surface area contributed by atoms with Crippen LogP contribution in [0.5, 0.6) is 0 Å². The van der Waals surface area contributed by atoms with Gasteiger partial charge in [0, 0.05) is 35.9 Å². The van der Waals surface area contributed by atoms with E-state index in [2.05, 4.69) is 15.6 Å². The monoisotopic (exact) mass is 497 g/mol. The Morgan fingerprint density at radius 3 is 2.24 bits per heavy atom. The van der Waals surface area contributed by atoms with Crippen molar-refractivity contribution < 1.29 is 19.1 Å². The average molecular weight is 498 g/mol. The molecule has 7 nitrogen and oxygen atoms in total. The van der Waals surface area contributed by atoms with Gasteiger partial charge < -0.3 is 20.2 Å². The Balaban J connectivity index is 1.39. The highest BCUT2D eigenvalue weighted by atomic mass is 16.4. The van der Waals surface area contributed by atoms with Crippen molar-refractivity contribution in [3.05, 3.63) is 106 Å². The molecule has 190 valence electrons. The third-order valence-electron chi connectivity index (χ3n) is 6.22. The molecule has 1 amide bonds. The standard InChI is InChI=1S/C30H31N3O4/c1-18-5-10-27(31-15-18)32-16-23-14-26(37-17-23)24-8-6-22(7-9-24)13-25(30(35)36)33-29(34)28-20(3)11-19(2)12-21(28)4/h5-12,14-15,17,25H,13,16H2,1-4H3,(H,31,32)(H,33,34)(H,35,36)/t25-/m0/s1. The first kappa shape index (κ1) is 25.7. The first-order chi connectivity index (χ1) is 17.7. The number of nitrogens with one attached hydrogen (secondary N) is 2. The zero-order valence-corrected chi connectivity index (χ0v) is 21.5. The largest absolute Gasteiger partial charge is 0.480 e. The van der Waals surface area contributed by atoms with Crippen molar-refractivity contribution in [1.29, 1.82) is 0 Å². The normalized spacial score (nSPS) is 11.7. The van der Waals surface area contributed by atoms with Gasteiger partial charge in [0.05, 0.1) is 6.26 Å². The first-order valence-electron chi connectivity index (χ1n) is 12.1. The minimum Gasteiger partial charge on any atom is -0.480 e. The van der Waals surface area contributed by atoms with E-state index in [-0.39, 0.29) is 12.3 Å². The van der Waals surface area contributed by atoms with Crippen LogP contribution < -0.4 is 10.6 Å². The Kier molecular flexibility index (Phi) is 7.72. The molecule has 0 radical (unpaired) electrons. The second-order valence-corrected chi connectivity index (χ2v) is 9.43. The summed E-state index contributed by atoms with van der Waals surface area (Å²) in [4.78, 5) is 29.2. The minimum absolute atomic E-state index is 0.169. The van der Waals surface area contributed by atoms with E-state index >= 15 is 0 Å². The molecule has 37 heavy (non-hydrogen) atoms. The Hall–Kier alpha value is -4.39. The predicted octanol–water partition coefficient (Wildman–Crippen LogP) is 5.61. The predicted molar refractivity (Wildman–Crippen MR) is 144 cm³/mol. The third-order valence-corrected chi connectivity index (χ3v) is 6.22. The third kappa shape index (κ3) is 6.44. The fraction of sp³-hybridized carbons (Fsp3) is 0.233. The summed E-state index contributed by atoms with van der Waals surface area (Å²) >= 11 is 0. The number of carboxylic acid groups (broad SMARTS) is 1. The van der Waals surface area contributed by atoms with Crippen molar-refractivity contribution in [2.75, 3.05) is 5.32 Å². The maximum Gasteiger partial charge on any atom is 0.326 e. The molecule has 0 saturated heterocycles. The highest BCUT2D eigenvalue weighted by molar-refractivity contribution is 5.99. The van der Waals surface area contributed by atoms with Crippen LogP contribution in [0.1, 0.15) is 43.7 Å². The van der Waals surface area contributed by atoms with Gasteiger partial charge in [0.15, 0.2) is 0 Å². The van der Waals surface area contributed by atoms with Gasteiger partial charge in [-0.15, -0.1) is 0 Å². The number of benzene rings is 2. The summed E-state index contributed by atoms with van der Waals surface area (Å²) in [6, 6.07) is 16.2. The lowest BCUT2D eigenvalue weighted by molar-refractivity contribution is -0.139. The summed E-state index contributed by atoms with van der Waals surface area (Å²) in [5, 5.41) is 15.7. The fourth-order valence-corrected chi connectivity index (χ4v) is 4.39. The molecule has 3 N–H and O–H groups in total. The van der Waals surface area contributed by atoms with E-state index < -0.39 is 12.0 Å². The molecular formula is C30H31N3O4. The highest BCUT2D eigenvalue weighted by Crippen LogP contribution is 2.24. The summed E-state index contributed by atoms with van der Waals surface area (Å²) in [6.45, 7) is 8.26. The second-order valence-electron chi connectivity index (χ2n) is 9.43. The average Bonchev–Trinajstić information content (AvgIpc) is 3.32. The van der Waals surface area contributed by atoms with Crippen molar-refractivity contribution in [3.63, 3.8) is 0 Å². The molecule has 0 aliphatic rings. The second kappa shape index (κ2) is 11.1. The molecule has 2 aromatic heterocycles. The quantitative estimate of drug-likeness (QED) is 0.278. The fourth-order valence-electron chi connectivity index (χ4n) is 4.39. The number of anilines is 1. The summed E-state index contributed by atoms with van der Waals surface area (Å²) in [7, 11) is 0. The Morgan fingerprint density at radius 2 is 1.62 bits per heavy atom. The molecule has 4 aromatic rings. The van der Waals surface area contributed by atoms with Gasteiger partial charge in [-0.3, -0.25) is 4.79 Å². The number of aliphatic carboxylic acids is 1. The van der Waals surface area contributed by atoms with Gasteiger partial charge in [-0.25, -0.2) is 9.78 Å². The van der Waals surface area contributed by atoms with Crippen molar-refractivity contribution >= 4 is 17.7 Å². The van der Waals surface area contributed by atoms with E-state index in [1.165, 1.54) is 0 Å². The molecule has 0 unspecified atom stereocenters. The zero-order valence-electron chi connectivity index (χ0n) is 21.5. The lowest BCUT2D eigenvalue weighted by Crippen LogP contribution is -2.42. The van der Waals surface area contributed by atoms with Crippen LogP contribution in [0.3, 0.4) is 0 Å². The number of nitrogens with zero attached hydrogens (tertiary/aromatic N) is 1. The van der Waals surface area contributed by atoms with Crippen molar-refractivity contribution in [1.82, 2.24) is 10.3 Å². The van der Waals surface area contributed by atoms with Crippen LogP contribution in [0.25, 0.3) is 11.3 Å². The molecular weight excluding hydrogens is 466 g/mol. The number of carbonyl (C=O) groups is 2. The van der Waals surface area contributed by atoms with Gasteiger partial charge in [-0.2, -0.15) is 0 Å². The van der Waals surface area contributed by atoms with Gasteiger partial charge in [0.2, 0.25) is 0 Å². The van der Waals surface area contributed by atoms with E-state index in [1.807, 2.05) is 88.5 Å². The van der Waals surface area contributed by atoms with E-state index in [4.69, 9.17) is 4.42 Å². The smallest absolute Gasteiger partial charge is 0.326 e. The van der Waals surface area contributed by atoms with E-state index in [1.54, 1.807) is 6.26 Å². The molecule has 2 aromatic carbocycles. The zero-order chi connectivity index (χ0) is 26.5. The topological polar surface area (TPSA) is 104 Å². The number of pyridine rings is 1. The highest BCUT2D eigenvalue weighted by Gasteiger charge is 2.23.